The van der Waals surface area contributed by atoms with Gasteiger partial charge in [0.1, 0.15) is 5.75 Å². The van der Waals surface area contributed by atoms with Crippen molar-refractivity contribution < 1.29 is 14.3 Å². The van der Waals surface area contributed by atoms with Crippen LogP contribution in [0, 0.1) is 5.41 Å². The molecule has 1 saturated heterocycles. The zero-order valence-electron chi connectivity index (χ0n) is 19.7. The first-order valence-electron chi connectivity index (χ1n) is 11.0. The summed E-state index contributed by atoms with van der Waals surface area (Å²) >= 11 is 0. The average Bonchev–Trinajstić information content (AvgIpc) is 3.23. The number of nitrogens with zero attached hydrogens (tertiary/aromatic N) is 6. The quantitative estimate of drug-likeness (QED) is 0.533. The number of methoxy groups -OCH3 is 1. The third-order valence-corrected chi connectivity index (χ3v) is 5.93. The van der Waals surface area contributed by atoms with Crippen molar-refractivity contribution in [2.24, 2.45) is 12.5 Å². The molecule has 1 aliphatic heterocycles. The number of hydrogen-bond acceptors (Lipinski definition) is 8. The van der Waals surface area contributed by atoms with Crippen LogP contribution in [-0.2, 0) is 11.8 Å². The molecule has 0 unspecified atom stereocenters. The Morgan fingerprint density at radius 2 is 1.76 bits per heavy atom. The van der Waals surface area contributed by atoms with Crippen molar-refractivity contribution >= 4 is 28.9 Å². The summed E-state index contributed by atoms with van der Waals surface area (Å²) in [6.07, 6.45) is 0. The summed E-state index contributed by atoms with van der Waals surface area (Å²) in [5.41, 5.74) is -0.0616. The van der Waals surface area contributed by atoms with Gasteiger partial charge in [-0.3, -0.25) is 19.4 Å². The van der Waals surface area contributed by atoms with E-state index in [4.69, 9.17) is 4.74 Å². The molecule has 0 bridgehead atoms. The van der Waals surface area contributed by atoms with Gasteiger partial charge < -0.3 is 19.9 Å². The molecule has 4 rings (SSSR count). The molecule has 0 saturated carbocycles. The van der Waals surface area contributed by atoms with Crippen molar-refractivity contribution in [1.82, 2.24) is 34.8 Å². The Balaban J connectivity index is 1.35. The molecule has 3 heterocycles. The second-order valence-electron chi connectivity index (χ2n) is 8.85. The molecule has 1 aromatic carbocycles. The van der Waals surface area contributed by atoms with Gasteiger partial charge in [-0.15, -0.1) is 5.10 Å². The number of piperazine rings is 1. The molecule has 2 N–H and O–H groups in total. The van der Waals surface area contributed by atoms with E-state index in [1.54, 1.807) is 48.2 Å². The van der Waals surface area contributed by atoms with Gasteiger partial charge in [-0.2, -0.15) is 4.98 Å². The van der Waals surface area contributed by atoms with Crippen molar-refractivity contribution in [1.29, 1.82) is 0 Å². The SMILES string of the molecule is COc1ccc(C(=O)N2CCN(C(=O)C(C)(C)CNc3nc4c(nnn4C)c(=O)[nH]3)CC2)cc1. The van der Waals surface area contributed by atoms with Gasteiger partial charge in [-0.05, 0) is 38.1 Å². The fourth-order valence-electron chi connectivity index (χ4n) is 3.85. The lowest BCUT2D eigenvalue weighted by Crippen LogP contribution is -2.54. The van der Waals surface area contributed by atoms with Crippen LogP contribution >= 0.6 is 0 Å². The van der Waals surface area contributed by atoms with E-state index in [-0.39, 0.29) is 29.8 Å². The van der Waals surface area contributed by atoms with Crippen molar-refractivity contribution in [2.75, 3.05) is 45.2 Å². The van der Waals surface area contributed by atoms with E-state index >= 15 is 0 Å². The molecule has 12 nitrogen and oxygen atoms in total. The lowest BCUT2D eigenvalue weighted by molar-refractivity contribution is -0.141. The van der Waals surface area contributed by atoms with E-state index in [0.717, 1.165) is 0 Å². The van der Waals surface area contributed by atoms with Crippen molar-refractivity contribution in [3.63, 3.8) is 0 Å². The van der Waals surface area contributed by atoms with E-state index in [9.17, 15) is 14.4 Å². The maximum Gasteiger partial charge on any atom is 0.282 e. The average molecular weight is 469 g/mol. The van der Waals surface area contributed by atoms with Gasteiger partial charge in [0.05, 0.1) is 12.5 Å². The molecule has 0 atom stereocenters. The van der Waals surface area contributed by atoms with Crippen LogP contribution in [0.15, 0.2) is 29.1 Å². The van der Waals surface area contributed by atoms with Crippen LogP contribution in [0.5, 0.6) is 5.75 Å². The van der Waals surface area contributed by atoms with E-state index in [1.165, 1.54) is 4.68 Å². The number of anilines is 1. The van der Waals surface area contributed by atoms with Gasteiger partial charge in [-0.25, -0.2) is 4.68 Å². The normalized spacial score (nSPS) is 14.4. The van der Waals surface area contributed by atoms with Crippen molar-refractivity contribution in [3.8, 4) is 5.75 Å². The van der Waals surface area contributed by atoms with E-state index in [0.29, 0.717) is 43.1 Å². The molecule has 2 amide bonds. The van der Waals surface area contributed by atoms with Crippen LogP contribution in [0.25, 0.3) is 11.2 Å². The molecule has 34 heavy (non-hydrogen) atoms. The molecule has 2 aromatic heterocycles. The minimum absolute atomic E-state index is 0.0397. The van der Waals surface area contributed by atoms with Gasteiger partial charge in [-0.1, -0.05) is 5.21 Å². The van der Waals surface area contributed by atoms with Crippen molar-refractivity contribution in [2.45, 2.75) is 13.8 Å². The van der Waals surface area contributed by atoms with E-state index in [1.807, 2.05) is 13.8 Å². The lowest BCUT2D eigenvalue weighted by Gasteiger charge is -2.38. The van der Waals surface area contributed by atoms with E-state index < -0.39 is 11.0 Å². The van der Waals surface area contributed by atoms with Crippen LogP contribution in [-0.4, -0.2) is 86.4 Å². The van der Waals surface area contributed by atoms with Gasteiger partial charge in [0.2, 0.25) is 11.9 Å². The molecule has 180 valence electrons. The highest BCUT2D eigenvalue weighted by Gasteiger charge is 2.34. The Kier molecular flexibility index (Phi) is 6.22. The molecule has 1 fully saturated rings. The molecular formula is C22H28N8O4. The second-order valence-corrected chi connectivity index (χ2v) is 8.85. The number of nitrogens with one attached hydrogen (secondary N) is 2. The Morgan fingerprint density at radius 1 is 1.12 bits per heavy atom. The highest BCUT2D eigenvalue weighted by atomic mass is 16.5. The standard InChI is InChI=1S/C22H28N8O4/c1-22(2,13-23-21-24-17-16(18(31)25-21)26-27-28(17)3)20(33)30-11-9-29(10-12-30)19(32)14-5-7-15(34-4)8-6-14/h5-8H,9-13H2,1-4H3,(H2,23,24,25,31). The summed E-state index contributed by atoms with van der Waals surface area (Å²) in [6.45, 7) is 5.74. The number of amides is 2. The predicted molar refractivity (Wildman–Crippen MR) is 125 cm³/mol. The van der Waals surface area contributed by atoms with Crippen LogP contribution in [0.1, 0.15) is 24.2 Å². The number of benzene rings is 1. The third-order valence-electron chi connectivity index (χ3n) is 5.93. The maximum atomic E-state index is 13.2. The van der Waals surface area contributed by atoms with E-state index in [2.05, 4.69) is 25.6 Å². The van der Waals surface area contributed by atoms with Crippen LogP contribution in [0.3, 0.4) is 0 Å². The molecule has 12 heteroatoms. The Hall–Kier alpha value is -3.96. The Labute approximate surface area is 195 Å². The Bertz CT molecular complexity index is 1260. The summed E-state index contributed by atoms with van der Waals surface area (Å²) in [6, 6.07) is 7.00. The molecule has 0 radical (unpaired) electrons. The molecule has 0 aliphatic carbocycles. The monoisotopic (exact) mass is 468 g/mol. The molecule has 1 aliphatic rings. The number of aromatic nitrogens is 5. The van der Waals surface area contributed by atoms with Gasteiger partial charge in [0.15, 0.2) is 11.2 Å². The predicted octanol–water partition coefficient (Wildman–Crippen LogP) is 0.483. The highest BCUT2D eigenvalue weighted by Crippen LogP contribution is 2.22. The third kappa shape index (κ3) is 4.56. The number of hydrogen-bond donors (Lipinski definition) is 2. The topological polar surface area (TPSA) is 138 Å². The molecule has 0 spiro atoms. The maximum absolute atomic E-state index is 13.2. The first-order valence-corrected chi connectivity index (χ1v) is 11.0. The number of carbonyl (C=O) groups excluding carboxylic acids is 2. The zero-order chi connectivity index (χ0) is 24.5. The Morgan fingerprint density at radius 3 is 2.41 bits per heavy atom. The number of aromatic amines is 1. The smallest absolute Gasteiger partial charge is 0.282 e. The van der Waals surface area contributed by atoms with Crippen LogP contribution < -0.4 is 15.6 Å². The fraction of sp³-hybridized carbons (Fsp3) is 0.455. The largest absolute Gasteiger partial charge is 0.497 e. The number of ether oxygens (including phenoxy) is 1. The van der Waals surface area contributed by atoms with Crippen LogP contribution in [0.4, 0.5) is 5.95 Å². The summed E-state index contributed by atoms with van der Waals surface area (Å²) in [5.74, 6) is 0.839. The van der Waals surface area contributed by atoms with Gasteiger partial charge in [0, 0.05) is 45.3 Å². The fourth-order valence-corrected chi connectivity index (χ4v) is 3.85. The summed E-state index contributed by atoms with van der Waals surface area (Å²) < 4.78 is 6.55. The molecular weight excluding hydrogens is 440 g/mol. The number of aryl methyl sites for hydroxylation is 1. The summed E-state index contributed by atoms with van der Waals surface area (Å²) in [4.78, 5) is 48.6. The first-order chi connectivity index (χ1) is 16.2. The summed E-state index contributed by atoms with van der Waals surface area (Å²) in [5, 5.41) is 10.6. The molecule has 3 aromatic rings. The van der Waals surface area contributed by atoms with Gasteiger partial charge in [0.25, 0.3) is 11.5 Å². The minimum atomic E-state index is -0.763. The second kappa shape index (κ2) is 9.12. The number of fused-ring (bicyclic) bond motifs is 1. The summed E-state index contributed by atoms with van der Waals surface area (Å²) in [7, 11) is 3.23. The van der Waals surface area contributed by atoms with Crippen LogP contribution in [0.2, 0.25) is 0 Å². The minimum Gasteiger partial charge on any atom is -0.497 e. The highest BCUT2D eigenvalue weighted by molar-refractivity contribution is 5.94. The van der Waals surface area contributed by atoms with Crippen molar-refractivity contribution in [3.05, 3.63) is 40.2 Å². The first kappa shape index (κ1) is 23.2. The number of rotatable bonds is 6. The zero-order valence-corrected chi connectivity index (χ0v) is 19.7. The van der Waals surface area contributed by atoms with Gasteiger partial charge >= 0.3 is 0 Å². The number of H-pyrrole nitrogens is 1. The number of carbonyl (C=O) groups is 2. The lowest BCUT2D eigenvalue weighted by atomic mass is 9.91.